The number of aryl methyl sites for hydroxylation is 2. The van der Waals surface area contributed by atoms with Gasteiger partial charge >= 0.3 is 0 Å². The molecule has 0 bridgehead atoms. The van der Waals surface area contributed by atoms with Crippen LogP contribution in [0.5, 0.6) is 0 Å². The third-order valence-electron chi connectivity index (χ3n) is 2.85. The summed E-state index contributed by atoms with van der Waals surface area (Å²) in [6.07, 6.45) is 0. The van der Waals surface area contributed by atoms with Gasteiger partial charge in [-0.25, -0.2) is 9.37 Å². The largest absolute Gasteiger partial charge is 0.312 e. The van der Waals surface area contributed by atoms with Crippen LogP contribution in [0.25, 0.3) is 10.6 Å². The zero-order valence-corrected chi connectivity index (χ0v) is 11.7. The van der Waals surface area contributed by atoms with Gasteiger partial charge in [0, 0.05) is 17.0 Å². The number of aromatic nitrogens is 1. The molecule has 0 aliphatic heterocycles. The molecule has 0 amide bonds. The summed E-state index contributed by atoms with van der Waals surface area (Å²) < 4.78 is 13.1. The maximum absolute atomic E-state index is 13.1. The Hall–Kier alpha value is -1.26. The molecule has 0 saturated carbocycles. The molecule has 0 spiro atoms. The second kappa shape index (κ2) is 5.59. The van der Waals surface area contributed by atoms with Gasteiger partial charge in [-0.05, 0) is 44.2 Å². The molecule has 0 saturated heterocycles. The number of nitrogens with one attached hydrogen (secondary N) is 1. The van der Waals surface area contributed by atoms with Crippen molar-refractivity contribution >= 4 is 11.3 Å². The normalized spacial score (nSPS) is 10.9. The minimum Gasteiger partial charge on any atom is -0.312 e. The molecule has 0 aliphatic rings. The van der Waals surface area contributed by atoms with Crippen molar-refractivity contribution < 1.29 is 4.39 Å². The SMILES string of the molecule is CCNCc1sc(-c2ccc(F)cc2C)nc1C. The van der Waals surface area contributed by atoms with Crippen LogP contribution in [0.15, 0.2) is 18.2 Å². The van der Waals surface area contributed by atoms with Crippen LogP contribution >= 0.6 is 11.3 Å². The van der Waals surface area contributed by atoms with Crippen LogP contribution in [-0.4, -0.2) is 11.5 Å². The Kier molecular flexibility index (Phi) is 4.09. The maximum atomic E-state index is 13.1. The number of hydrogen-bond donors (Lipinski definition) is 1. The second-order valence-corrected chi connectivity index (χ2v) is 5.35. The first-order valence-corrected chi connectivity index (χ1v) is 6.87. The summed E-state index contributed by atoms with van der Waals surface area (Å²) in [4.78, 5) is 5.83. The van der Waals surface area contributed by atoms with E-state index in [4.69, 9.17) is 0 Å². The molecule has 0 aliphatic carbocycles. The smallest absolute Gasteiger partial charge is 0.124 e. The van der Waals surface area contributed by atoms with Crippen molar-refractivity contribution in [3.63, 3.8) is 0 Å². The fourth-order valence-corrected chi connectivity index (χ4v) is 2.94. The van der Waals surface area contributed by atoms with E-state index in [1.165, 1.54) is 10.9 Å². The minimum atomic E-state index is -0.197. The molecule has 4 heteroatoms. The van der Waals surface area contributed by atoms with Crippen LogP contribution in [-0.2, 0) is 6.54 Å². The molecule has 0 atom stereocenters. The lowest BCUT2D eigenvalue weighted by atomic mass is 10.1. The summed E-state index contributed by atoms with van der Waals surface area (Å²) in [5, 5.41) is 4.27. The van der Waals surface area contributed by atoms with Gasteiger partial charge in [-0.15, -0.1) is 11.3 Å². The molecule has 2 aromatic rings. The summed E-state index contributed by atoms with van der Waals surface area (Å²) in [5.41, 5.74) is 3.01. The molecule has 1 aromatic heterocycles. The van der Waals surface area contributed by atoms with Crippen LogP contribution in [0.2, 0.25) is 0 Å². The van der Waals surface area contributed by atoms with Gasteiger partial charge < -0.3 is 5.32 Å². The third-order valence-corrected chi connectivity index (χ3v) is 4.04. The highest BCUT2D eigenvalue weighted by atomic mass is 32.1. The second-order valence-electron chi connectivity index (χ2n) is 4.27. The number of halogens is 1. The standard InChI is InChI=1S/C14H17FN2S/c1-4-16-8-13-10(3)17-14(18-13)12-6-5-11(15)7-9(12)2/h5-7,16H,4,8H2,1-3H3. The highest BCUT2D eigenvalue weighted by Gasteiger charge is 2.11. The summed E-state index contributed by atoms with van der Waals surface area (Å²) in [6.45, 7) is 7.81. The Morgan fingerprint density at radius 3 is 2.78 bits per heavy atom. The molecule has 1 aromatic carbocycles. The van der Waals surface area contributed by atoms with Gasteiger partial charge in [-0.3, -0.25) is 0 Å². The zero-order chi connectivity index (χ0) is 13.1. The Labute approximate surface area is 111 Å². The zero-order valence-electron chi connectivity index (χ0n) is 10.9. The first kappa shape index (κ1) is 13.2. The van der Waals surface area contributed by atoms with Crippen LogP contribution in [0.3, 0.4) is 0 Å². The average Bonchev–Trinajstić information content (AvgIpc) is 2.68. The van der Waals surface area contributed by atoms with Crippen molar-refractivity contribution in [2.24, 2.45) is 0 Å². The van der Waals surface area contributed by atoms with E-state index >= 15 is 0 Å². The lowest BCUT2D eigenvalue weighted by molar-refractivity contribution is 0.627. The molecule has 0 unspecified atom stereocenters. The van der Waals surface area contributed by atoms with E-state index in [0.717, 1.165) is 34.9 Å². The van der Waals surface area contributed by atoms with E-state index < -0.39 is 0 Å². The van der Waals surface area contributed by atoms with E-state index in [0.29, 0.717) is 0 Å². The number of thiazole rings is 1. The van der Waals surface area contributed by atoms with E-state index in [2.05, 4.69) is 17.2 Å². The molecule has 1 N–H and O–H groups in total. The lowest BCUT2D eigenvalue weighted by Crippen LogP contribution is -2.11. The topological polar surface area (TPSA) is 24.9 Å². The van der Waals surface area contributed by atoms with Crippen molar-refractivity contribution in [1.29, 1.82) is 0 Å². The van der Waals surface area contributed by atoms with Gasteiger partial charge in [0.25, 0.3) is 0 Å². The van der Waals surface area contributed by atoms with Crippen molar-refractivity contribution in [1.82, 2.24) is 10.3 Å². The molecular weight excluding hydrogens is 247 g/mol. The highest BCUT2D eigenvalue weighted by Crippen LogP contribution is 2.30. The Morgan fingerprint density at radius 2 is 2.11 bits per heavy atom. The quantitative estimate of drug-likeness (QED) is 0.911. The predicted octanol–water partition coefficient (Wildman–Crippen LogP) is 3.68. The summed E-state index contributed by atoms with van der Waals surface area (Å²) in [5.74, 6) is -0.197. The highest BCUT2D eigenvalue weighted by molar-refractivity contribution is 7.15. The van der Waals surface area contributed by atoms with Crippen LogP contribution in [0.1, 0.15) is 23.1 Å². The minimum absolute atomic E-state index is 0.197. The summed E-state index contributed by atoms with van der Waals surface area (Å²) in [6, 6.07) is 4.85. The van der Waals surface area contributed by atoms with Crippen LogP contribution in [0, 0.1) is 19.7 Å². The molecule has 2 rings (SSSR count). The molecule has 96 valence electrons. The Bertz CT molecular complexity index is 549. The molecule has 0 radical (unpaired) electrons. The Balaban J connectivity index is 2.33. The molecular formula is C14H17FN2S. The number of benzene rings is 1. The van der Waals surface area contributed by atoms with Crippen molar-refractivity contribution in [2.75, 3.05) is 6.54 Å². The van der Waals surface area contributed by atoms with E-state index in [-0.39, 0.29) is 5.82 Å². The van der Waals surface area contributed by atoms with Gasteiger partial charge in [-0.2, -0.15) is 0 Å². The molecule has 2 nitrogen and oxygen atoms in total. The van der Waals surface area contributed by atoms with E-state index in [9.17, 15) is 4.39 Å². The van der Waals surface area contributed by atoms with E-state index in [1.54, 1.807) is 23.5 Å². The number of rotatable bonds is 4. The number of nitrogens with zero attached hydrogens (tertiary/aromatic N) is 1. The number of hydrogen-bond acceptors (Lipinski definition) is 3. The average molecular weight is 264 g/mol. The lowest BCUT2D eigenvalue weighted by Gasteiger charge is -2.01. The van der Waals surface area contributed by atoms with Gasteiger partial charge in [0.05, 0.1) is 5.69 Å². The first-order chi connectivity index (χ1) is 8.61. The van der Waals surface area contributed by atoms with Crippen LogP contribution in [0.4, 0.5) is 4.39 Å². The molecule has 18 heavy (non-hydrogen) atoms. The van der Waals surface area contributed by atoms with E-state index in [1.807, 2.05) is 13.8 Å². The van der Waals surface area contributed by atoms with Crippen molar-refractivity contribution in [3.8, 4) is 10.6 Å². The first-order valence-electron chi connectivity index (χ1n) is 6.05. The van der Waals surface area contributed by atoms with Gasteiger partial charge in [0.2, 0.25) is 0 Å². The molecule has 1 heterocycles. The fourth-order valence-electron chi connectivity index (χ4n) is 1.81. The van der Waals surface area contributed by atoms with Gasteiger partial charge in [0.15, 0.2) is 0 Å². The maximum Gasteiger partial charge on any atom is 0.124 e. The van der Waals surface area contributed by atoms with Gasteiger partial charge in [0.1, 0.15) is 10.8 Å². The third kappa shape index (κ3) is 2.76. The summed E-state index contributed by atoms with van der Waals surface area (Å²) >= 11 is 1.68. The van der Waals surface area contributed by atoms with Crippen LogP contribution < -0.4 is 5.32 Å². The monoisotopic (exact) mass is 264 g/mol. The van der Waals surface area contributed by atoms with Gasteiger partial charge in [-0.1, -0.05) is 6.92 Å². The van der Waals surface area contributed by atoms with Crippen molar-refractivity contribution in [3.05, 3.63) is 40.2 Å². The van der Waals surface area contributed by atoms with Crippen molar-refractivity contribution in [2.45, 2.75) is 27.3 Å². The summed E-state index contributed by atoms with van der Waals surface area (Å²) in [7, 11) is 0. The predicted molar refractivity (Wildman–Crippen MR) is 74.4 cm³/mol. The Morgan fingerprint density at radius 1 is 1.33 bits per heavy atom. The fraction of sp³-hybridized carbons (Fsp3) is 0.357. The molecule has 0 fully saturated rings.